The lowest BCUT2D eigenvalue weighted by molar-refractivity contribution is -0.882. The van der Waals surface area contributed by atoms with Crippen LogP contribution in [-0.4, -0.2) is 50.6 Å². The Morgan fingerprint density at radius 1 is 1.17 bits per heavy atom. The smallest absolute Gasteiger partial charge is 0.282 e. The molecule has 2 aliphatic rings. The Balaban J connectivity index is 1.88. The number of allylic oxidation sites excluding steroid dienone is 1. The lowest BCUT2D eigenvalue weighted by Crippen LogP contribution is -3.14. The van der Waals surface area contributed by atoms with Crippen molar-refractivity contribution >= 4 is 27.3 Å². The fourth-order valence-corrected chi connectivity index (χ4v) is 4.79. The third-order valence-corrected chi connectivity index (χ3v) is 6.61. The second-order valence-corrected chi connectivity index (χ2v) is 8.87. The molecule has 0 amide bonds. The maximum atomic E-state index is 12.9. The fourth-order valence-electron chi connectivity index (χ4n) is 3.67. The Morgan fingerprint density at radius 2 is 1.90 bits per heavy atom. The SMILES string of the molecule is O=S(=O)(N=C1C=C2[NH+](CCO)CCOC2(O)c2ccccc21)c1ccc(Cl)cc1. The van der Waals surface area contributed by atoms with Gasteiger partial charge in [-0.1, -0.05) is 35.9 Å². The number of ether oxygens (including phenoxy) is 1. The van der Waals surface area contributed by atoms with Gasteiger partial charge in [0.05, 0.1) is 17.2 Å². The number of nitrogens with one attached hydrogen (secondary N) is 1. The monoisotopic (exact) mass is 435 g/mol. The topological polar surface area (TPSA) is 101 Å². The van der Waals surface area contributed by atoms with E-state index in [1.165, 1.54) is 24.3 Å². The number of hydrogen-bond acceptors (Lipinski definition) is 5. The maximum absolute atomic E-state index is 12.9. The van der Waals surface area contributed by atoms with Crippen molar-refractivity contribution in [3.63, 3.8) is 0 Å². The van der Waals surface area contributed by atoms with Gasteiger partial charge in [0.25, 0.3) is 15.8 Å². The third kappa shape index (κ3) is 3.63. The van der Waals surface area contributed by atoms with Crippen LogP contribution in [0.4, 0.5) is 0 Å². The first-order valence-corrected chi connectivity index (χ1v) is 10.9. The largest absolute Gasteiger partial charge is 0.391 e. The molecule has 152 valence electrons. The van der Waals surface area contributed by atoms with Gasteiger partial charge in [0.1, 0.15) is 19.7 Å². The van der Waals surface area contributed by atoms with E-state index in [9.17, 15) is 18.6 Å². The number of quaternary nitrogens is 1. The van der Waals surface area contributed by atoms with Crippen LogP contribution in [0.15, 0.2) is 69.6 Å². The number of hydrogen-bond donors (Lipinski definition) is 3. The summed E-state index contributed by atoms with van der Waals surface area (Å²) in [7, 11) is -4.00. The number of aliphatic hydroxyl groups is 2. The predicted octanol–water partition coefficient (Wildman–Crippen LogP) is 0.468. The number of sulfonamides is 1. The molecular weight excluding hydrogens is 416 g/mol. The normalized spacial score (nSPS) is 25.3. The van der Waals surface area contributed by atoms with Crippen molar-refractivity contribution in [2.75, 3.05) is 26.3 Å². The van der Waals surface area contributed by atoms with Gasteiger partial charge in [-0.25, -0.2) is 0 Å². The number of aliphatic hydroxyl groups excluding tert-OH is 1. The highest BCUT2D eigenvalue weighted by molar-refractivity contribution is 7.90. The van der Waals surface area contributed by atoms with Crippen molar-refractivity contribution in [2.45, 2.75) is 10.7 Å². The summed E-state index contributed by atoms with van der Waals surface area (Å²) < 4.78 is 35.5. The minimum atomic E-state index is -4.00. The molecule has 1 aliphatic carbocycles. The molecule has 1 saturated heterocycles. The highest BCUT2D eigenvalue weighted by Crippen LogP contribution is 2.36. The minimum absolute atomic E-state index is 0.0190. The zero-order valence-electron chi connectivity index (χ0n) is 15.4. The standard InChI is InChI=1S/C20H19ClN2O5S/c21-14-5-7-15(8-6-14)29(26,27)22-18-13-19-20(25,17-4-2-1-3-16(17)18)28-12-10-23(19)9-11-24/h1-8,13,24-25H,9-12H2/p+1. The number of nitrogens with zero attached hydrogens (tertiary/aromatic N) is 1. The number of halogens is 1. The van der Waals surface area contributed by atoms with Crippen molar-refractivity contribution in [1.29, 1.82) is 0 Å². The average molecular weight is 436 g/mol. The molecule has 0 saturated carbocycles. The molecule has 2 atom stereocenters. The number of fused-ring (bicyclic) bond motifs is 3. The summed E-state index contributed by atoms with van der Waals surface area (Å²) in [6.45, 7) is 1.11. The molecule has 2 unspecified atom stereocenters. The molecule has 3 N–H and O–H groups in total. The Kier molecular flexibility index (Phi) is 5.32. The summed E-state index contributed by atoms with van der Waals surface area (Å²) >= 11 is 5.85. The van der Waals surface area contributed by atoms with Crippen LogP contribution in [0, 0.1) is 0 Å². The molecule has 1 aliphatic heterocycles. The van der Waals surface area contributed by atoms with Crippen molar-refractivity contribution < 1.29 is 28.3 Å². The van der Waals surface area contributed by atoms with Gasteiger partial charge in [-0.05, 0) is 24.3 Å². The summed E-state index contributed by atoms with van der Waals surface area (Å²) in [5.41, 5.74) is 1.54. The molecule has 0 bridgehead atoms. The van der Waals surface area contributed by atoms with Gasteiger partial charge in [0.15, 0.2) is 5.70 Å². The van der Waals surface area contributed by atoms with E-state index in [0.29, 0.717) is 41.5 Å². The van der Waals surface area contributed by atoms with E-state index in [-0.39, 0.29) is 17.2 Å². The number of benzene rings is 2. The Morgan fingerprint density at radius 3 is 2.62 bits per heavy atom. The van der Waals surface area contributed by atoms with E-state index < -0.39 is 15.8 Å². The van der Waals surface area contributed by atoms with Gasteiger partial charge in [-0.2, -0.15) is 12.8 Å². The summed E-state index contributed by atoms with van der Waals surface area (Å²) in [4.78, 5) is 0.831. The first-order valence-electron chi connectivity index (χ1n) is 9.10. The van der Waals surface area contributed by atoms with Crippen molar-refractivity contribution in [1.82, 2.24) is 0 Å². The quantitative estimate of drug-likeness (QED) is 0.648. The third-order valence-electron chi connectivity index (χ3n) is 5.05. The first-order chi connectivity index (χ1) is 13.8. The van der Waals surface area contributed by atoms with E-state index in [1.54, 1.807) is 30.3 Å². The summed E-state index contributed by atoms with van der Waals surface area (Å²) in [5, 5.41) is 21.1. The van der Waals surface area contributed by atoms with Crippen LogP contribution < -0.4 is 4.90 Å². The van der Waals surface area contributed by atoms with Crippen molar-refractivity contribution in [3.05, 3.63) is 76.5 Å². The van der Waals surface area contributed by atoms with Gasteiger partial charge in [0.2, 0.25) is 0 Å². The average Bonchev–Trinajstić information content (AvgIpc) is 2.70. The van der Waals surface area contributed by atoms with Crippen molar-refractivity contribution in [2.24, 2.45) is 4.40 Å². The molecular formula is C20H20ClN2O5S+. The Hall–Kier alpha value is -2.07. The summed E-state index contributed by atoms with van der Waals surface area (Å²) in [6.07, 6.45) is 1.54. The van der Waals surface area contributed by atoms with Gasteiger partial charge in [-0.15, -0.1) is 0 Å². The first kappa shape index (κ1) is 20.2. The van der Waals surface area contributed by atoms with E-state index >= 15 is 0 Å². The van der Waals surface area contributed by atoms with Gasteiger partial charge in [0, 0.05) is 22.2 Å². The summed E-state index contributed by atoms with van der Waals surface area (Å²) in [6, 6.07) is 12.6. The molecule has 2 aromatic carbocycles. The second kappa shape index (κ2) is 7.64. The Labute approximate surface area is 173 Å². The molecule has 0 radical (unpaired) electrons. The van der Waals surface area contributed by atoms with E-state index in [4.69, 9.17) is 16.3 Å². The molecule has 0 aromatic heterocycles. The van der Waals surface area contributed by atoms with Crippen LogP contribution in [0.1, 0.15) is 11.1 Å². The van der Waals surface area contributed by atoms with Crippen LogP contribution in [0.3, 0.4) is 0 Å². The van der Waals surface area contributed by atoms with Crippen LogP contribution in [0.5, 0.6) is 0 Å². The van der Waals surface area contributed by atoms with Crippen LogP contribution in [-0.2, 0) is 20.5 Å². The van der Waals surface area contributed by atoms with Gasteiger partial charge in [-0.3, -0.25) is 4.90 Å². The zero-order valence-corrected chi connectivity index (χ0v) is 16.9. The van der Waals surface area contributed by atoms with E-state index in [0.717, 1.165) is 4.90 Å². The van der Waals surface area contributed by atoms with E-state index in [1.807, 2.05) is 0 Å². The highest BCUT2D eigenvalue weighted by atomic mass is 35.5. The summed E-state index contributed by atoms with van der Waals surface area (Å²) in [5.74, 6) is -1.69. The second-order valence-electron chi connectivity index (χ2n) is 6.83. The van der Waals surface area contributed by atoms with Crippen molar-refractivity contribution in [3.8, 4) is 0 Å². The van der Waals surface area contributed by atoms with Gasteiger partial charge < -0.3 is 14.9 Å². The molecule has 2 aromatic rings. The minimum Gasteiger partial charge on any atom is -0.391 e. The zero-order chi connectivity index (χ0) is 20.6. The van der Waals surface area contributed by atoms with Crippen LogP contribution in [0.2, 0.25) is 5.02 Å². The number of rotatable bonds is 4. The van der Waals surface area contributed by atoms with E-state index in [2.05, 4.69) is 4.40 Å². The molecule has 7 nitrogen and oxygen atoms in total. The maximum Gasteiger partial charge on any atom is 0.282 e. The molecule has 1 fully saturated rings. The fraction of sp³-hybridized carbons (Fsp3) is 0.250. The van der Waals surface area contributed by atoms with Crippen LogP contribution >= 0.6 is 11.6 Å². The molecule has 9 heteroatoms. The predicted molar refractivity (Wildman–Crippen MR) is 107 cm³/mol. The number of morpholine rings is 1. The lowest BCUT2D eigenvalue weighted by atomic mass is 9.86. The highest BCUT2D eigenvalue weighted by Gasteiger charge is 2.49. The molecule has 1 heterocycles. The van der Waals surface area contributed by atoms with Crippen LogP contribution in [0.25, 0.3) is 0 Å². The molecule has 0 spiro atoms. The molecule has 4 rings (SSSR count). The Bertz CT molecular complexity index is 1100. The van der Waals surface area contributed by atoms with Gasteiger partial charge >= 0.3 is 0 Å². The lowest BCUT2D eigenvalue weighted by Gasteiger charge is -2.41. The molecule has 29 heavy (non-hydrogen) atoms.